The number of rotatable bonds is 4. The molecule has 1 aromatic rings. The van der Waals surface area contributed by atoms with Crippen molar-refractivity contribution in [3.63, 3.8) is 0 Å². The van der Waals surface area contributed by atoms with Crippen molar-refractivity contribution in [2.75, 3.05) is 0 Å². The maximum absolute atomic E-state index is 12.6. The SMILES string of the molecule is C=C(CCC(C)C)c1ccc(F)cc1. The van der Waals surface area contributed by atoms with Crippen LogP contribution in [0.2, 0.25) is 0 Å². The third-order valence-electron chi connectivity index (χ3n) is 2.28. The second-order valence-electron chi connectivity index (χ2n) is 4.04. The molecular formula is C13H17F. The molecule has 0 unspecified atom stereocenters. The maximum Gasteiger partial charge on any atom is 0.123 e. The Bertz CT molecular complexity index is 296. The first-order valence-electron chi connectivity index (χ1n) is 5.03. The lowest BCUT2D eigenvalue weighted by atomic mass is 9.98. The van der Waals surface area contributed by atoms with E-state index in [-0.39, 0.29) is 5.82 Å². The van der Waals surface area contributed by atoms with Crippen LogP contribution in [0.4, 0.5) is 4.39 Å². The van der Waals surface area contributed by atoms with Gasteiger partial charge in [0, 0.05) is 0 Å². The molecular weight excluding hydrogens is 175 g/mol. The fourth-order valence-corrected chi connectivity index (χ4v) is 1.29. The molecule has 0 aliphatic heterocycles. The summed E-state index contributed by atoms with van der Waals surface area (Å²) in [5, 5.41) is 0. The zero-order valence-electron chi connectivity index (χ0n) is 8.89. The van der Waals surface area contributed by atoms with Crippen LogP contribution in [0.15, 0.2) is 30.8 Å². The van der Waals surface area contributed by atoms with E-state index >= 15 is 0 Å². The number of hydrogen-bond donors (Lipinski definition) is 0. The summed E-state index contributed by atoms with van der Waals surface area (Å²) in [7, 11) is 0. The van der Waals surface area contributed by atoms with Crippen molar-refractivity contribution in [1.82, 2.24) is 0 Å². The summed E-state index contributed by atoms with van der Waals surface area (Å²) in [4.78, 5) is 0. The van der Waals surface area contributed by atoms with E-state index in [0.717, 1.165) is 24.0 Å². The van der Waals surface area contributed by atoms with Crippen LogP contribution in [-0.2, 0) is 0 Å². The highest BCUT2D eigenvalue weighted by molar-refractivity contribution is 5.62. The Labute approximate surface area is 85.5 Å². The highest BCUT2D eigenvalue weighted by Gasteiger charge is 2.01. The van der Waals surface area contributed by atoms with E-state index in [4.69, 9.17) is 0 Å². The molecule has 0 N–H and O–H groups in total. The van der Waals surface area contributed by atoms with Crippen LogP contribution in [-0.4, -0.2) is 0 Å². The van der Waals surface area contributed by atoms with E-state index in [0.29, 0.717) is 5.92 Å². The number of allylic oxidation sites excluding steroid dienone is 1. The smallest absolute Gasteiger partial charge is 0.123 e. The average Bonchev–Trinajstić information content (AvgIpc) is 2.15. The molecule has 1 rings (SSSR count). The fraction of sp³-hybridized carbons (Fsp3) is 0.385. The molecule has 76 valence electrons. The quantitative estimate of drug-likeness (QED) is 0.668. The minimum absolute atomic E-state index is 0.189. The van der Waals surface area contributed by atoms with Crippen LogP contribution in [0.25, 0.3) is 5.57 Å². The van der Waals surface area contributed by atoms with Gasteiger partial charge in [-0.15, -0.1) is 0 Å². The first-order valence-corrected chi connectivity index (χ1v) is 5.03. The van der Waals surface area contributed by atoms with Gasteiger partial charge in [0.25, 0.3) is 0 Å². The van der Waals surface area contributed by atoms with Crippen molar-refractivity contribution in [3.05, 3.63) is 42.2 Å². The first-order chi connectivity index (χ1) is 6.59. The van der Waals surface area contributed by atoms with Crippen molar-refractivity contribution in [2.24, 2.45) is 5.92 Å². The predicted molar refractivity (Wildman–Crippen MR) is 59.5 cm³/mol. The van der Waals surface area contributed by atoms with E-state index in [2.05, 4.69) is 20.4 Å². The normalized spacial score (nSPS) is 10.6. The monoisotopic (exact) mass is 192 g/mol. The van der Waals surface area contributed by atoms with Crippen molar-refractivity contribution >= 4 is 5.57 Å². The summed E-state index contributed by atoms with van der Waals surface area (Å²) < 4.78 is 12.6. The second kappa shape index (κ2) is 4.94. The minimum Gasteiger partial charge on any atom is -0.207 e. The fourth-order valence-electron chi connectivity index (χ4n) is 1.29. The number of halogens is 1. The van der Waals surface area contributed by atoms with Gasteiger partial charge in [0.15, 0.2) is 0 Å². The van der Waals surface area contributed by atoms with Crippen LogP contribution in [0, 0.1) is 11.7 Å². The molecule has 14 heavy (non-hydrogen) atoms. The lowest BCUT2D eigenvalue weighted by Gasteiger charge is -2.07. The topological polar surface area (TPSA) is 0 Å². The standard InChI is InChI=1S/C13H17F/c1-10(2)4-5-11(3)12-6-8-13(14)9-7-12/h6-10H,3-5H2,1-2H3. The highest BCUT2D eigenvalue weighted by atomic mass is 19.1. The maximum atomic E-state index is 12.6. The van der Waals surface area contributed by atoms with Crippen LogP contribution in [0.1, 0.15) is 32.3 Å². The summed E-state index contributed by atoms with van der Waals surface area (Å²) in [6.45, 7) is 8.39. The number of hydrogen-bond acceptors (Lipinski definition) is 0. The number of benzene rings is 1. The van der Waals surface area contributed by atoms with Crippen molar-refractivity contribution in [2.45, 2.75) is 26.7 Å². The molecule has 1 aromatic carbocycles. The molecule has 0 aromatic heterocycles. The Hall–Kier alpha value is -1.11. The predicted octanol–water partition coefficient (Wildman–Crippen LogP) is 4.28. The van der Waals surface area contributed by atoms with Crippen molar-refractivity contribution < 1.29 is 4.39 Å². The Morgan fingerprint density at radius 3 is 2.36 bits per heavy atom. The van der Waals surface area contributed by atoms with E-state index in [1.165, 1.54) is 12.1 Å². The van der Waals surface area contributed by atoms with Gasteiger partial charge in [-0.3, -0.25) is 0 Å². The van der Waals surface area contributed by atoms with Gasteiger partial charge < -0.3 is 0 Å². The molecule has 0 nitrogen and oxygen atoms in total. The van der Waals surface area contributed by atoms with Gasteiger partial charge in [-0.25, -0.2) is 4.39 Å². The zero-order chi connectivity index (χ0) is 10.6. The zero-order valence-corrected chi connectivity index (χ0v) is 8.89. The molecule has 1 heteroatoms. The Kier molecular flexibility index (Phi) is 3.87. The van der Waals surface area contributed by atoms with Crippen molar-refractivity contribution in [3.8, 4) is 0 Å². The van der Waals surface area contributed by atoms with Gasteiger partial charge in [0.1, 0.15) is 5.82 Å². The molecule has 0 radical (unpaired) electrons. The Balaban J connectivity index is 2.57. The molecule has 0 bridgehead atoms. The van der Waals surface area contributed by atoms with Crippen LogP contribution in [0.3, 0.4) is 0 Å². The Morgan fingerprint density at radius 2 is 1.86 bits per heavy atom. The van der Waals surface area contributed by atoms with Gasteiger partial charge in [-0.05, 0) is 42.0 Å². The Morgan fingerprint density at radius 1 is 1.29 bits per heavy atom. The first kappa shape index (κ1) is 11.0. The van der Waals surface area contributed by atoms with Crippen molar-refractivity contribution in [1.29, 1.82) is 0 Å². The molecule has 0 fully saturated rings. The molecule has 0 saturated carbocycles. The van der Waals surface area contributed by atoms with E-state index < -0.39 is 0 Å². The lowest BCUT2D eigenvalue weighted by Crippen LogP contribution is -1.89. The van der Waals surface area contributed by atoms with Gasteiger partial charge in [-0.2, -0.15) is 0 Å². The summed E-state index contributed by atoms with van der Waals surface area (Å²) in [6, 6.07) is 6.54. The molecule has 0 aliphatic carbocycles. The minimum atomic E-state index is -0.189. The van der Waals surface area contributed by atoms with E-state index in [1.807, 2.05) is 0 Å². The summed E-state index contributed by atoms with van der Waals surface area (Å²) in [5.74, 6) is 0.498. The molecule has 0 spiro atoms. The van der Waals surface area contributed by atoms with Crippen LogP contribution >= 0.6 is 0 Å². The van der Waals surface area contributed by atoms with Gasteiger partial charge >= 0.3 is 0 Å². The summed E-state index contributed by atoms with van der Waals surface area (Å²) in [5.41, 5.74) is 2.14. The summed E-state index contributed by atoms with van der Waals surface area (Å²) >= 11 is 0. The molecule has 0 heterocycles. The van der Waals surface area contributed by atoms with Crippen LogP contribution in [0.5, 0.6) is 0 Å². The van der Waals surface area contributed by atoms with Gasteiger partial charge in [0.2, 0.25) is 0 Å². The van der Waals surface area contributed by atoms with Gasteiger partial charge in [-0.1, -0.05) is 32.6 Å². The molecule has 0 amide bonds. The molecule has 0 saturated heterocycles. The highest BCUT2D eigenvalue weighted by Crippen LogP contribution is 2.20. The van der Waals surface area contributed by atoms with Crippen LogP contribution < -0.4 is 0 Å². The summed E-state index contributed by atoms with van der Waals surface area (Å²) in [6.07, 6.45) is 2.12. The largest absolute Gasteiger partial charge is 0.207 e. The van der Waals surface area contributed by atoms with Gasteiger partial charge in [0.05, 0.1) is 0 Å². The third-order valence-corrected chi connectivity index (χ3v) is 2.28. The average molecular weight is 192 g/mol. The lowest BCUT2D eigenvalue weighted by molar-refractivity contribution is 0.599. The van der Waals surface area contributed by atoms with E-state index in [1.54, 1.807) is 12.1 Å². The molecule has 0 aliphatic rings. The second-order valence-corrected chi connectivity index (χ2v) is 4.04. The molecule has 0 atom stereocenters. The third kappa shape index (κ3) is 3.33. The van der Waals surface area contributed by atoms with E-state index in [9.17, 15) is 4.39 Å².